The van der Waals surface area contributed by atoms with Crippen molar-refractivity contribution in [2.75, 3.05) is 20.6 Å². The Labute approximate surface area is 164 Å². The lowest BCUT2D eigenvalue weighted by Gasteiger charge is -2.20. The molecule has 0 bridgehead atoms. The molecular formula is C21H26BrN3O. The van der Waals surface area contributed by atoms with E-state index in [1.807, 2.05) is 75.6 Å². The maximum absolute atomic E-state index is 12.9. The molecule has 0 heterocycles. The number of amides is 1. The molecule has 0 radical (unpaired) electrons. The maximum Gasteiger partial charge on any atom is 0.254 e. The molecule has 26 heavy (non-hydrogen) atoms. The van der Waals surface area contributed by atoms with Gasteiger partial charge < -0.3 is 9.80 Å². The van der Waals surface area contributed by atoms with Crippen molar-refractivity contribution in [2.45, 2.75) is 27.3 Å². The van der Waals surface area contributed by atoms with Crippen LogP contribution in [0.5, 0.6) is 0 Å². The van der Waals surface area contributed by atoms with E-state index in [1.165, 1.54) is 0 Å². The molecule has 4 nitrogen and oxygen atoms in total. The van der Waals surface area contributed by atoms with Crippen LogP contribution in [0.25, 0.3) is 0 Å². The van der Waals surface area contributed by atoms with Gasteiger partial charge in [0.05, 0.1) is 12.0 Å². The standard InChI is InChI=1S/C21H26BrN3O/c1-6-24(4)14-23-20-12-15(2)18(11-16(20)3)21(26)25(5)13-17-9-7-8-10-19(17)22/h7-12,14H,6,13H2,1-5H3. The van der Waals surface area contributed by atoms with E-state index in [2.05, 4.69) is 27.8 Å². The number of hydrogen-bond donors (Lipinski definition) is 0. The molecule has 0 spiro atoms. The quantitative estimate of drug-likeness (QED) is 0.494. The zero-order valence-corrected chi connectivity index (χ0v) is 17.7. The van der Waals surface area contributed by atoms with Crippen LogP contribution in [-0.4, -0.2) is 42.7 Å². The first-order valence-electron chi connectivity index (χ1n) is 8.68. The van der Waals surface area contributed by atoms with Gasteiger partial charge in [-0.1, -0.05) is 34.1 Å². The van der Waals surface area contributed by atoms with Crippen molar-refractivity contribution in [1.82, 2.24) is 9.80 Å². The van der Waals surface area contributed by atoms with Crippen LogP contribution in [0.2, 0.25) is 0 Å². The molecule has 0 fully saturated rings. The summed E-state index contributed by atoms with van der Waals surface area (Å²) in [4.78, 5) is 21.2. The molecule has 2 aromatic carbocycles. The normalized spacial score (nSPS) is 11.0. The zero-order valence-electron chi connectivity index (χ0n) is 16.1. The van der Waals surface area contributed by atoms with E-state index in [0.717, 1.165) is 39.0 Å². The van der Waals surface area contributed by atoms with E-state index in [9.17, 15) is 4.79 Å². The van der Waals surface area contributed by atoms with Crippen LogP contribution >= 0.6 is 15.9 Å². The third kappa shape index (κ3) is 4.94. The second-order valence-corrected chi connectivity index (χ2v) is 7.38. The Kier molecular flexibility index (Phi) is 6.98. The maximum atomic E-state index is 12.9. The Morgan fingerprint density at radius 2 is 1.85 bits per heavy atom. The van der Waals surface area contributed by atoms with E-state index in [1.54, 1.807) is 4.90 Å². The summed E-state index contributed by atoms with van der Waals surface area (Å²) < 4.78 is 1.01. The van der Waals surface area contributed by atoms with Gasteiger partial charge in [0, 0.05) is 37.2 Å². The fourth-order valence-electron chi connectivity index (χ4n) is 2.57. The molecule has 2 aromatic rings. The van der Waals surface area contributed by atoms with Gasteiger partial charge in [-0.3, -0.25) is 4.79 Å². The number of benzene rings is 2. The lowest BCUT2D eigenvalue weighted by Crippen LogP contribution is -2.27. The first-order chi connectivity index (χ1) is 12.3. The predicted octanol–water partition coefficient (Wildman–Crippen LogP) is 4.95. The summed E-state index contributed by atoms with van der Waals surface area (Å²) in [5, 5.41) is 0. The van der Waals surface area contributed by atoms with Crippen molar-refractivity contribution in [3.8, 4) is 0 Å². The highest BCUT2D eigenvalue weighted by atomic mass is 79.9. The van der Waals surface area contributed by atoms with E-state index < -0.39 is 0 Å². The van der Waals surface area contributed by atoms with Gasteiger partial charge in [0.1, 0.15) is 0 Å². The number of nitrogens with zero attached hydrogens (tertiary/aromatic N) is 3. The highest BCUT2D eigenvalue weighted by Gasteiger charge is 2.17. The minimum Gasteiger partial charge on any atom is -0.366 e. The molecule has 2 rings (SSSR count). The summed E-state index contributed by atoms with van der Waals surface area (Å²) >= 11 is 3.54. The SMILES string of the molecule is CCN(C)C=Nc1cc(C)c(C(=O)N(C)Cc2ccccc2Br)cc1C. The van der Waals surface area contributed by atoms with Crippen LogP contribution in [0.15, 0.2) is 45.9 Å². The molecule has 5 heteroatoms. The Morgan fingerprint density at radius 1 is 1.15 bits per heavy atom. The predicted molar refractivity (Wildman–Crippen MR) is 112 cm³/mol. The van der Waals surface area contributed by atoms with Gasteiger partial charge in [0.15, 0.2) is 0 Å². The van der Waals surface area contributed by atoms with E-state index >= 15 is 0 Å². The molecule has 0 atom stereocenters. The largest absolute Gasteiger partial charge is 0.366 e. The van der Waals surface area contributed by atoms with Crippen molar-refractivity contribution in [2.24, 2.45) is 4.99 Å². The van der Waals surface area contributed by atoms with Crippen molar-refractivity contribution in [3.63, 3.8) is 0 Å². The highest BCUT2D eigenvalue weighted by Crippen LogP contribution is 2.25. The van der Waals surface area contributed by atoms with Crippen molar-refractivity contribution in [1.29, 1.82) is 0 Å². The lowest BCUT2D eigenvalue weighted by atomic mass is 10.0. The smallest absolute Gasteiger partial charge is 0.254 e. The average Bonchev–Trinajstić information content (AvgIpc) is 2.62. The number of carbonyl (C=O) groups is 1. The van der Waals surface area contributed by atoms with Gasteiger partial charge in [-0.2, -0.15) is 0 Å². The molecule has 0 unspecified atom stereocenters. The van der Waals surface area contributed by atoms with Crippen LogP contribution in [0, 0.1) is 13.8 Å². The lowest BCUT2D eigenvalue weighted by molar-refractivity contribution is 0.0784. The third-order valence-corrected chi connectivity index (χ3v) is 5.15. The van der Waals surface area contributed by atoms with E-state index in [4.69, 9.17) is 0 Å². The molecule has 0 aromatic heterocycles. The Balaban J connectivity index is 2.22. The second-order valence-electron chi connectivity index (χ2n) is 6.52. The average molecular weight is 416 g/mol. The molecule has 0 N–H and O–H groups in total. The first kappa shape index (κ1) is 20.2. The molecule has 0 saturated carbocycles. The second kappa shape index (κ2) is 8.99. The molecule has 0 aliphatic heterocycles. The van der Waals surface area contributed by atoms with Crippen LogP contribution in [0.4, 0.5) is 5.69 Å². The Bertz CT molecular complexity index is 817. The minimum absolute atomic E-state index is 0.0163. The summed E-state index contributed by atoms with van der Waals surface area (Å²) in [6, 6.07) is 11.9. The fourth-order valence-corrected chi connectivity index (χ4v) is 2.98. The number of carbonyl (C=O) groups excluding carboxylic acids is 1. The number of aliphatic imine (C=N–C) groups is 1. The van der Waals surface area contributed by atoms with Gasteiger partial charge in [-0.05, 0) is 55.7 Å². The van der Waals surface area contributed by atoms with E-state index in [-0.39, 0.29) is 5.91 Å². The number of aryl methyl sites for hydroxylation is 2. The van der Waals surface area contributed by atoms with Gasteiger partial charge in [0.25, 0.3) is 5.91 Å². The zero-order chi connectivity index (χ0) is 19.3. The number of halogens is 1. The topological polar surface area (TPSA) is 35.9 Å². The summed E-state index contributed by atoms with van der Waals surface area (Å²) in [6.07, 6.45) is 1.82. The molecule has 0 aliphatic rings. The first-order valence-corrected chi connectivity index (χ1v) is 9.47. The van der Waals surface area contributed by atoms with Gasteiger partial charge in [-0.25, -0.2) is 4.99 Å². The number of rotatable bonds is 6. The monoisotopic (exact) mass is 415 g/mol. The summed E-state index contributed by atoms with van der Waals surface area (Å²) in [5.74, 6) is 0.0163. The molecule has 1 amide bonds. The number of hydrogen-bond acceptors (Lipinski definition) is 2. The molecular weight excluding hydrogens is 390 g/mol. The fraction of sp³-hybridized carbons (Fsp3) is 0.333. The Morgan fingerprint density at radius 3 is 2.50 bits per heavy atom. The van der Waals surface area contributed by atoms with E-state index in [0.29, 0.717) is 6.54 Å². The van der Waals surface area contributed by atoms with Gasteiger partial charge in [0.2, 0.25) is 0 Å². The summed E-state index contributed by atoms with van der Waals surface area (Å²) in [7, 11) is 3.82. The van der Waals surface area contributed by atoms with Gasteiger partial charge in [-0.15, -0.1) is 0 Å². The van der Waals surface area contributed by atoms with Crippen molar-refractivity contribution in [3.05, 3.63) is 63.1 Å². The Hall–Kier alpha value is -2.14. The summed E-state index contributed by atoms with van der Waals surface area (Å²) in [5.41, 5.74) is 4.63. The van der Waals surface area contributed by atoms with Crippen molar-refractivity contribution < 1.29 is 4.79 Å². The van der Waals surface area contributed by atoms with Crippen LogP contribution < -0.4 is 0 Å². The molecule has 0 aliphatic carbocycles. The molecule has 138 valence electrons. The van der Waals surface area contributed by atoms with Crippen LogP contribution in [0.1, 0.15) is 34.0 Å². The van der Waals surface area contributed by atoms with Gasteiger partial charge >= 0.3 is 0 Å². The van der Waals surface area contributed by atoms with Crippen LogP contribution in [-0.2, 0) is 6.54 Å². The highest BCUT2D eigenvalue weighted by molar-refractivity contribution is 9.10. The van der Waals surface area contributed by atoms with Crippen LogP contribution in [0.3, 0.4) is 0 Å². The third-order valence-electron chi connectivity index (χ3n) is 4.38. The minimum atomic E-state index is 0.0163. The summed E-state index contributed by atoms with van der Waals surface area (Å²) in [6.45, 7) is 7.48. The van der Waals surface area contributed by atoms with Crippen molar-refractivity contribution >= 4 is 33.9 Å². The molecule has 0 saturated heterocycles.